The van der Waals surface area contributed by atoms with Crippen LogP contribution in [0.1, 0.15) is 5.56 Å². The van der Waals surface area contributed by atoms with Crippen molar-refractivity contribution in [3.63, 3.8) is 0 Å². The van der Waals surface area contributed by atoms with E-state index in [-0.39, 0.29) is 16.6 Å². The number of benzene rings is 1. The van der Waals surface area contributed by atoms with E-state index in [4.69, 9.17) is 14.7 Å². The molecule has 0 spiro atoms. The maximum atomic E-state index is 13.4. The zero-order valence-electron chi connectivity index (χ0n) is 8.30. The molecule has 1 aromatic rings. The molecule has 3 nitrogen and oxygen atoms in total. The number of nitrogens with zero attached hydrogens (tertiary/aromatic N) is 1. The second kappa shape index (κ2) is 4.99. The number of methoxy groups -OCH3 is 2. The zero-order valence-corrected chi connectivity index (χ0v) is 9.89. The van der Waals surface area contributed by atoms with E-state index in [0.29, 0.717) is 11.3 Å². The Kier molecular flexibility index (Phi) is 3.92. The standard InChI is InChI=1S/C10H9BrFNO2/c1-14-8-5-7(12)9(11)6(3-4-13)10(8)15-2/h5H,3H2,1-2H3. The van der Waals surface area contributed by atoms with Gasteiger partial charge in [0.15, 0.2) is 11.5 Å². The first-order chi connectivity index (χ1) is 7.15. The van der Waals surface area contributed by atoms with Crippen molar-refractivity contribution in [2.45, 2.75) is 6.42 Å². The topological polar surface area (TPSA) is 42.2 Å². The van der Waals surface area contributed by atoms with Crippen LogP contribution in [0.3, 0.4) is 0 Å². The average molecular weight is 274 g/mol. The molecule has 0 N–H and O–H groups in total. The van der Waals surface area contributed by atoms with Gasteiger partial charge in [0.25, 0.3) is 0 Å². The summed E-state index contributed by atoms with van der Waals surface area (Å²) in [5.41, 5.74) is 0.455. The van der Waals surface area contributed by atoms with E-state index in [1.165, 1.54) is 20.3 Å². The van der Waals surface area contributed by atoms with Crippen molar-refractivity contribution in [1.82, 2.24) is 0 Å². The zero-order chi connectivity index (χ0) is 11.4. The summed E-state index contributed by atoms with van der Waals surface area (Å²) in [6.07, 6.45) is 0.0534. The van der Waals surface area contributed by atoms with Gasteiger partial charge in [-0.2, -0.15) is 5.26 Å². The smallest absolute Gasteiger partial charge is 0.166 e. The van der Waals surface area contributed by atoms with Crippen LogP contribution in [0, 0.1) is 17.1 Å². The third kappa shape index (κ3) is 2.21. The van der Waals surface area contributed by atoms with Gasteiger partial charge in [0.05, 0.1) is 31.2 Å². The van der Waals surface area contributed by atoms with Crippen molar-refractivity contribution < 1.29 is 13.9 Å². The van der Waals surface area contributed by atoms with Crippen LogP contribution in [0.15, 0.2) is 10.5 Å². The van der Waals surface area contributed by atoms with Gasteiger partial charge in [-0.05, 0) is 15.9 Å². The molecule has 0 bridgehead atoms. The summed E-state index contributed by atoms with van der Waals surface area (Å²) in [7, 11) is 2.87. The number of ether oxygens (including phenoxy) is 2. The first kappa shape index (κ1) is 11.8. The molecule has 1 aromatic carbocycles. The van der Waals surface area contributed by atoms with Gasteiger partial charge in [-0.3, -0.25) is 0 Å². The first-order valence-corrected chi connectivity index (χ1v) is 4.90. The quantitative estimate of drug-likeness (QED) is 0.851. The molecule has 0 radical (unpaired) electrons. The van der Waals surface area contributed by atoms with Gasteiger partial charge in [-0.25, -0.2) is 4.39 Å². The van der Waals surface area contributed by atoms with Crippen LogP contribution in [-0.2, 0) is 6.42 Å². The lowest BCUT2D eigenvalue weighted by Crippen LogP contribution is -1.99. The van der Waals surface area contributed by atoms with E-state index in [1.54, 1.807) is 0 Å². The number of halogens is 2. The molecular weight excluding hydrogens is 265 g/mol. The molecule has 1 rings (SSSR count). The Hall–Kier alpha value is -1.28. The lowest BCUT2D eigenvalue weighted by atomic mass is 10.1. The van der Waals surface area contributed by atoms with Crippen LogP contribution in [0.25, 0.3) is 0 Å². The number of hydrogen-bond donors (Lipinski definition) is 0. The Bertz CT molecular complexity index is 415. The molecule has 0 heterocycles. The van der Waals surface area contributed by atoms with Gasteiger partial charge in [0.1, 0.15) is 5.82 Å². The summed E-state index contributed by atoms with van der Waals surface area (Å²) < 4.78 is 23.7. The molecule has 0 aliphatic rings. The minimum Gasteiger partial charge on any atom is -0.493 e. The lowest BCUT2D eigenvalue weighted by Gasteiger charge is -2.13. The second-order valence-corrected chi connectivity index (χ2v) is 3.51. The molecule has 0 saturated heterocycles. The molecule has 0 amide bonds. The fourth-order valence-electron chi connectivity index (χ4n) is 1.25. The normalized spacial score (nSPS) is 9.53. The van der Waals surface area contributed by atoms with Crippen molar-refractivity contribution in [3.05, 3.63) is 21.9 Å². The minimum atomic E-state index is -0.474. The van der Waals surface area contributed by atoms with Crippen LogP contribution in [0.4, 0.5) is 4.39 Å². The highest BCUT2D eigenvalue weighted by molar-refractivity contribution is 9.10. The molecule has 0 fully saturated rings. The van der Waals surface area contributed by atoms with Gasteiger partial charge in [0, 0.05) is 11.6 Å². The highest BCUT2D eigenvalue weighted by atomic mass is 79.9. The summed E-state index contributed by atoms with van der Waals surface area (Å²) >= 11 is 3.07. The van der Waals surface area contributed by atoms with Gasteiger partial charge in [0.2, 0.25) is 0 Å². The molecule has 0 unspecified atom stereocenters. The van der Waals surface area contributed by atoms with Crippen LogP contribution in [0.5, 0.6) is 11.5 Å². The molecular formula is C10H9BrFNO2. The third-order valence-corrected chi connectivity index (χ3v) is 2.77. The Morgan fingerprint density at radius 1 is 1.47 bits per heavy atom. The van der Waals surface area contributed by atoms with Crippen LogP contribution >= 0.6 is 15.9 Å². The van der Waals surface area contributed by atoms with Crippen LogP contribution in [-0.4, -0.2) is 14.2 Å². The fourth-order valence-corrected chi connectivity index (χ4v) is 1.68. The monoisotopic (exact) mass is 273 g/mol. The first-order valence-electron chi connectivity index (χ1n) is 4.11. The van der Waals surface area contributed by atoms with Gasteiger partial charge in [-0.15, -0.1) is 0 Å². The summed E-state index contributed by atoms with van der Waals surface area (Å²) in [4.78, 5) is 0. The van der Waals surface area contributed by atoms with Gasteiger partial charge >= 0.3 is 0 Å². The van der Waals surface area contributed by atoms with E-state index in [9.17, 15) is 4.39 Å². The second-order valence-electron chi connectivity index (χ2n) is 2.72. The Labute approximate surface area is 95.5 Å². The average Bonchev–Trinajstić information content (AvgIpc) is 2.24. The predicted molar refractivity (Wildman–Crippen MR) is 56.5 cm³/mol. The molecule has 5 heteroatoms. The number of rotatable bonds is 3. The van der Waals surface area contributed by atoms with E-state index in [2.05, 4.69) is 15.9 Å². The predicted octanol–water partition coefficient (Wildman–Crippen LogP) is 2.67. The van der Waals surface area contributed by atoms with E-state index < -0.39 is 5.82 Å². The summed E-state index contributed by atoms with van der Waals surface area (Å²) in [5, 5.41) is 8.63. The van der Waals surface area contributed by atoms with Crippen molar-refractivity contribution >= 4 is 15.9 Å². The largest absolute Gasteiger partial charge is 0.493 e. The lowest BCUT2D eigenvalue weighted by molar-refractivity contribution is 0.349. The molecule has 15 heavy (non-hydrogen) atoms. The number of nitriles is 1. The third-order valence-electron chi connectivity index (χ3n) is 1.91. The van der Waals surface area contributed by atoms with Crippen molar-refractivity contribution in [2.24, 2.45) is 0 Å². The van der Waals surface area contributed by atoms with Crippen molar-refractivity contribution in [2.75, 3.05) is 14.2 Å². The highest BCUT2D eigenvalue weighted by Crippen LogP contribution is 2.38. The maximum Gasteiger partial charge on any atom is 0.166 e. The molecule has 0 aliphatic heterocycles. The molecule has 0 aliphatic carbocycles. The molecule has 0 atom stereocenters. The Balaban J connectivity index is 3.43. The van der Waals surface area contributed by atoms with Crippen LogP contribution in [0.2, 0.25) is 0 Å². The Morgan fingerprint density at radius 2 is 2.13 bits per heavy atom. The SMILES string of the molecule is COc1cc(F)c(Br)c(CC#N)c1OC. The molecule has 80 valence electrons. The van der Waals surface area contributed by atoms with E-state index >= 15 is 0 Å². The van der Waals surface area contributed by atoms with Gasteiger partial charge in [-0.1, -0.05) is 0 Å². The van der Waals surface area contributed by atoms with Crippen LogP contribution < -0.4 is 9.47 Å². The summed E-state index contributed by atoms with van der Waals surface area (Å²) in [6.45, 7) is 0. The van der Waals surface area contributed by atoms with Crippen molar-refractivity contribution in [1.29, 1.82) is 5.26 Å². The molecule has 0 saturated carbocycles. The Morgan fingerprint density at radius 3 is 2.60 bits per heavy atom. The van der Waals surface area contributed by atoms with Gasteiger partial charge < -0.3 is 9.47 Å². The van der Waals surface area contributed by atoms with Crippen molar-refractivity contribution in [3.8, 4) is 17.6 Å². The van der Waals surface area contributed by atoms with E-state index in [1.807, 2.05) is 6.07 Å². The number of hydrogen-bond acceptors (Lipinski definition) is 3. The summed E-state index contributed by atoms with van der Waals surface area (Å²) in [5.74, 6) is 0.189. The molecule has 0 aromatic heterocycles. The maximum absolute atomic E-state index is 13.4. The fraction of sp³-hybridized carbons (Fsp3) is 0.300. The summed E-state index contributed by atoms with van der Waals surface area (Å²) in [6, 6.07) is 3.16. The van der Waals surface area contributed by atoms with E-state index in [0.717, 1.165) is 0 Å². The highest BCUT2D eigenvalue weighted by Gasteiger charge is 2.17. The minimum absolute atomic E-state index is 0.0534.